The van der Waals surface area contributed by atoms with Crippen LogP contribution in [0, 0.1) is 13.8 Å². The summed E-state index contributed by atoms with van der Waals surface area (Å²) in [6, 6.07) is 6.14. The van der Waals surface area contributed by atoms with Gasteiger partial charge >= 0.3 is 0 Å². The highest BCUT2D eigenvalue weighted by Crippen LogP contribution is 2.21. The lowest BCUT2D eigenvalue weighted by Gasteiger charge is -2.13. The zero-order valence-corrected chi connectivity index (χ0v) is 9.08. The molecule has 0 aliphatic heterocycles. The van der Waals surface area contributed by atoms with Crippen LogP contribution in [0.15, 0.2) is 18.2 Å². The third-order valence-corrected chi connectivity index (χ3v) is 2.39. The quantitative estimate of drug-likeness (QED) is 0.797. The highest BCUT2D eigenvalue weighted by atomic mass is 16.5. The van der Waals surface area contributed by atoms with Crippen LogP contribution >= 0.6 is 0 Å². The highest BCUT2D eigenvalue weighted by Gasteiger charge is 2.09. The van der Waals surface area contributed by atoms with Gasteiger partial charge in [-0.15, -0.1) is 0 Å². The number of aliphatic hydroxyl groups is 1. The minimum absolute atomic E-state index is 0.408. The Labute approximate surface area is 85.5 Å². The second-order valence-electron chi connectivity index (χ2n) is 3.66. The second-order valence-corrected chi connectivity index (χ2v) is 3.66. The first-order valence-corrected chi connectivity index (χ1v) is 4.89. The molecular formula is C12H18O2. The minimum Gasteiger partial charge on any atom is -0.388 e. The fraction of sp³-hybridized carbons (Fsp3) is 0.500. The van der Waals surface area contributed by atoms with Crippen molar-refractivity contribution in [1.29, 1.82) is 0 Å². The van der Waals surface area contributed by atoms with Crippen LogP contribution in [0.2, 0.25) is 0 Å². The third-order valence-electron chi connectivity index (χ3n) is 2.39. The van der Waals surface area contributed by atoms with Gasteiger partial charge in [0, 0.05) is 20.1 Å². The maximum atomic E-state index is 9.88. The van der Waals surface area contributed by atoms with Gasteiger partial charge < -0.3 is 9.84 Å². The molecule has 2 heteroatoms. The van der Waals surface area contributed by atoms with E-state index in [1.165, 1.54) is 5.56 Å². The lowest BCUT2D eigenvalue weighted by atomic mass is 9.99. The largest absolute Gasteiger partial charge is 0.388 e. The van der Waals surface area contributed by atoms with E-state index in [1.54, 1.807) is 7.11 Å². The molecule has 0 aliphatic carbocycles. The van der Waals surface area contributed by atoms with E-state index in [0.717, 1.165) is 11.1 Å². The van der Waals surface area contributed by atoms with E-state index in [1.807, 2.05) is 26.0 Å². The van der Waals surface area contributed by atoms with Crippen molar-refractivity contribution < 1.29 is 9.84 Å². The Morgan fingerprint density at radius 2 is 2.07 bits per heavy atom. The van der Waals surface area contributed by atoms with Crippen molar-refractivity contribution in [3.05, 3.63) is 34.9 Å². The van der Waals surface area contributed by atoms with Gasteiger partial charge in [-0.1, -0.05) is 23.8 Å². The predicted molar refractivity (Wildman–Crippen MR) is 57.4 cm³/mol. The summed E-state index contributed by atoms with van der Waals surface area (Å²) in [5, 5.41) is 9.88. The monoisotopic (exact) mass is 194 g/mol. The van der Waals surface area contributed by atoms with Gasteiger partial charge in [-0.25, -0.2) is 0 Å². The van der Waals surface area contributed by atoms with Gasteiger partial charge in [0.2, 0.25) is 0 Å². The molecule has 0 saturated heterocycles. The van der Waals surface area contributed by atoms with Gasteiger partial charge in [0.05, 0.1) is 6.10 Å². The van der Waals surface area contributed by atoms with Crippen molar-refractivity contribution in [2.24, 2.45) is 0 Å². The topological polar surface area (TPSA) is 29.5 Å². The molecule has 0 bridgehead atoms. The number of benzene rings is 1. The van der Waals surface area contributed by atoms with Crippen LogP contribution in [-0.4, -0.2) is 18.8 Å². The van der Waals surface area contributed by atoms with Crippen molar-refractivity contribution in [3.8, 4) is 0 Å². The van der Waals surface area contributed by atoms with E-state index in [4.69, 9.17) is 4.74 Å². The molecule has 1 N–H and O–H groups in total. The summed E-state index contributed by atoms with van der Waals surface area (Å²) in [6.07, 6.45) is 0.246. The predicted octanol–water partition coefficient (Wildman–Crippen LogP) is 2.37. The molecule has 1 unspecified atom stereocenters. The van der Waals surface area contributed by atoms with Crippen molar-refractivity contribution >= 4 is 0 Å². The molecule has 0 amide bonds. The Hall–Kier alpha value is -0.860. The normalized spacial score (nSPS) is 12.9. The molecule has 1 rings (SSSR count). The van der Waals surface area contributed by atoms with E-state index < -0.39 is 6.10 Å². The first-order chi connectivity index (χ1) is 6.65. The Balaban J connectivity index is 2.77. The van der Waals surface area contributed by atoms with E-state index in [2.05, 4.69) is 6.07 Å². The van der Waals surface area contributed by atoms with Crippen LogP contribution in [-0.2, 0) is 4.74 Å². The van der Waals surface area contributed by atoms with Gasteiger partial charge in [0.15, 0.2) is 0 Å². The van der Waals surface area contributed by atoms with Gasteiger partial charge in [-0.2, -0.15) is 0 Å². The summed E-state index contributed by atoms with van der Waals surface area (Å²) in [6.45, 7) is 4.64. The number of rotatable bonds is 4. The van der Waals surface area contributed by atoms with Gasteiger partial charge in [-0.05, 0) is 25.0 Å². The van der Waals surface area contributed by atoms with Crippen LogP contribution in [0.3, 0.4) is 0 Å². The molecule has 0 radical (unpaired) electrons. The van der Waals surface area contributed by atoms with Crippen molar-refractivity contribution in [3.63, 3.8) is 0 Å². The molecule has 2 nitrogen and oxygen atoms in total. The molecule has 0 aromatic heterocycles. The molecular weight excluding hydrogens is 176 g/mol. The zero-order valence-electron chi connectivity index (χ0n) is 9.08. The molecule has 1 aromatic carbocycles. The van der Waals surface area contributed by atoms with Crippen molar-refractivity contribution in [2.45, 2.75) is 26.4 Å². The number of hydrogen-bond acceptors (Lipinski definition) is 2. The maximum Gasteiger partial charge on any atom is 0.0814 e. The van der Waals surface area contributed by atoms with Crippen LogP contribution in [0.4, 0.5) is 0 Å². The van der Waals surface area contributed by atoms with Crippen LogP contribution in [0.1, 0.15) is 29.2 Å². The van der Waals surface area contributed by atoms with Gasteiger partial charge in [0.25, 0.3) is 0 Å². The van der Waals surface area contributed by atoms with E-state index in [0.29, 0.717) is 13.0 Å². The number of ether oxygens (including phenoxy) is 1. The number of aryl methyl sites for hydroxylation is 2. The van der Waals surface area contributed by atoms with Crippen molar-refractivity contribution in [2.75, 3.05) is 13.7 Å². The Bertz CT molecular complexity index is 294. The SMILES string of the molecule is COCCC(O)c1cc(C)ccc1C. The van der Waals surface area contributed by atoms with Gasteiger partial charge in [-0.3, -0.25) is 0 Å². The van der Waals surface area contributed by atoms with Crippen molar-refractivity contribution in [1.82, 2.24) is 0 Å². The maximum absolute atomic E-state index is 9.88. The summed E-state index contributed by atoms with van der Waals surface area (Å²) in [7, 11) is 1.65. The highest BCUT2D eigenvalue weighted by molar-refractivity contribution is 5.32. The first kappa shape index (κ1) is 11.2. The summed E-state index contributed by atoms with van der Waals surface area (Å²) in [5.74, 6) is 0. The molecule has 78 valence electrons. The standard InChI is InChI=1S/C12H18O2/c1-9-4-5-10(2)11(8-9)12(13)6-7-14-3/h4-5,8,12-13H,6-7H2,1-3H3. The van der Waals surface area contributed by atoms with E-state index in [-0.39, 0.29) is 0 Å². The van der Waals surface area contributed by atoms with E-state index >= 15 is 0 Å². The van der Waals surface area contributed by atoms with E-state index in [9.17, 15) is 5.11 Å². The lowest BCUT2D eigenvalue weighted by Crippen LogP contribution is -2.04. The Morgan fingerprint density at radius 3 is 2.71 bits per heavy atom. The number of methoxy groups -OCH3 is 1. The molecule has 0 aliphatic rings. The molecule has 0 spiro atoms. The van der Waals surface area contributed by atoms with Crippen LogP contribution in [0.5, 0.6) is 0 Å². The Morgan fingerprint density at radius 1 is 1.36 bits per heavy atom. The third kappa shape index (κ3) is 2.82. The summed E-state index contributed by atoms with van der Waals surface area (Å²) in [4.78, 5) is 0. The summed E-state index contributed by atoms with van der Waals surface area (Å²) in [5.41, 5.74) is 3.34. The first-order valence-electron chi connectivity index (χ1n) is 4.89. The molecule has 0 saturated carbocycles. The lowest BCUT2D eigenvalue weighted by molar-refractivity contribution is 0.110. The molecule has 0 heterocycles. The molecule has 0 fully saturated rings. The minimum atomic E-state index is -0.408. The average Bonchev–Trinajstić information content (AvgIpc) is 2.18. The smallest absolute Gasteiger partial charge is 0.0814 e. The summed E-state index contributed by atoms with van der Waals surface area (Å²) < 4.78 is 4.94. The molecule has 14 heavy (non-hydrogen) atoms. The average molecular weight is 194 g/mol. The second kappa shape index (κ2) is 5.13. The fourth-order valence-corrected chi connectivity index (χ4v) is 1.50. The zero-order chi connectivity index (χ0) is 10.6. The summed E-state index contributed by atoms with van der Waals surface area (Å²) >= 11 is 0. The molecule has 1 atom stereocenters. The van der Waals surface area contributed by atoms with Crippen LogP contribution < -0.4 is 0 Å². The van der Waals surface area contributed by atoms with Gasteiger partial charge in [0.1, 0.15) is 0 Å². The van der Waals surface area contributed by atoms with Crippen LogP contribution in [0.25, 0.3) is 0 Å². The fourth-order valence-electron chi connectivity index (χ4n) is 1.50. The number of aliphatic hydroxyl groups excluding tert-OH is 1. The Kier molecular flexibility index (Phi) is 4.11. The number of hydrogen-bond donors (Lipinski definition) is 1. The molecule has 1 aromatic rings.